The lowest BCUT2D eigenvalue weighted by molar-refractivity contribution is -0.0105. The molecule has 0 spiro atoms. The summed E-state index contributed by atoms with van der Waals surface area (Å²) in [5.41, 5.74) is 3.55. The SMILES string of the molecule is Cc1nc(-c2ccnn2C)c2c(n1)C1CCCC(C2)N1C(=O)OC(C)(C)C. The van der Waals surface area contributed by atoms with Crippen LogP contribution in [0.25, 0.3) is 11.4 Å². The second-order valence-corrected chi connectivity index (χ2v) is 8.52. The van der Waals surface area contributed by atoms with Crippen molar-refractivity contribution in [1.29, 1.82) is 0 Å². The van der Waals surface area contributed by atoms with E-state index in [1.165, 1.54) is 0 Å². The van der Waals surface area contributed by atoms with Crippen LogP contribution < -0.4 is 0 Å². The Labute approximate surface area is 159 Å². The van der Waals surface area contributed by atoms with Gasteiger partial charge in [0.2, 0.25) is 0 Å². The van der Waals surface area contributed by atoms with Gasteiger partial charge in [0.05, 0.1) is 23.1 Å². The summed E-state index contributed by atoms with van der Waals surface area (Å²) in [7, 11) is 1.93. The molecule has 1 saturated heterocycles. The number of carbonyl (C=O) groups is 1. The predicted molar refractivity (Wildman–Crippen MR) is 101 cm³/mol. The predicted octanol–water partition coefficient (Wildman–Crippen LogP) is 3.57. The second kappa shape index (κ2) is 6.32. The fourth-order valence-electron chi connectivity index (χ4n) is 4.29. The quantitative estimate of drug-likeness (QED) is 0.768. The summed E-state index contributed by atoms with van der Waals surface area (Å²) in [6, 6.07) is 2.07. The molecular weight excluding hydrogens is 342 g/mol. The van der Waals surface area contributed by atoms with E-state index in [0.29, 0.717) is 0 Å². The highest BCUT2D eigenvalue weighted by molar-refractivity contribution is 5.71. The van der Waals surface area contributed by atoms with E-state index in [1.807, 2.05) is 50.4 Å². The molecule has 1 amide bonds. The van der Waals surface area contributed by atoms with Crippen molar-refractivity contribution in [3.8, 4) is 11.4 Å². The normalized spacial score (nSPS) is 21.7. The van der Waals surface area contributed by atoms with Crippen LogP contribution in [0.4, 0.5) is 4.79 Å². The molecule has 1 fully saturated rings. The zero-order valence-corrected chi connectivity index (χ0v) is 16.7. The number of piperidine rings is 1. The zero-order valence-electron chi connectivity index (χ0n) is 16.7. The van der Waals surface area contributed by atoms with Crippen molar-refractivity contribution >= 4 is 6.09 Å². The number of fused-ring (bicyclic) bond motifs is 4. The first kappa shape index (κ1) is 17.9. The van der Waals surface area contributed by atoms with Crippen LogP contribution in [-0.4, -0.2) is 42.4 Å². The number of rotatable bonds is 1. The first-order valence-electron chi connectivity index (χ1n) is 9.61. The first-order valence-corrected chi connectivity index (χ1v) is 9.61. The summed E-state index contributed by atoms with van der Waals surface area (Å²) in [5, 5.41) is 4.30. The zero-order chi connectivity index (χ0) is 19.3. The number of nitrogens with zero attached hydrogens (tertiary/aromatic N) is 5. The molecule has 27 heavy (non-hydrogen) atoms. The monoisotopic (exact) mass is 369 g/mol. The van der Waals surface area contributed by atoms with Gasteiger partial charge in [0.1, 0.15) is 11.4 Å². The Kier molecular flexibility index (Phi) is 4.20. The van der Waals surface area contributed by atoms with Crippen molar-refractivity contribution in [2.24, 2.45) is 7.05 Å². The van der Waals surface area contributed by atoms with E-state index in [2.05, 4.69) is 5.10 Å². The maximum Gasteiger partial charge on any atom is 0.411 e. The minimum atomic E-state index is -0.507. The highest BCUT2D eigenvalue weighted by atomic mass is 16.6. The third-order valence-corrected chi connectivity index (χ3v) is 5.32. The highest BCUT2D eigenvalue weighted by Gasteiger charge is 2.44. The van der Waals surface area contributed by atoms with Crippen LogP contribution in [-0.2, 0) is 18.2 Å². The minimum Gasteiger partial charge on any atom is -0.444 e. The molecule has 2 atom stereocenters. The summed E-state index contributed by atoms with van der Waals surface area (Å²) in [6.07, 6.45) is 5.29. The average Bonchev–Trinajstić information content (AvgIpc) is 2.99. The average molecular weight is 369 g/mol. The fraction of sp³-hybridized carbons (Fsp3) is 0.600. The Hall–Kier alpha value is -2.44. The van der Waals surface area contributed by atoms with Gasteiger partial charge >= 0.3 is 6.09 Å². The maximum absolute atomic E-state index is 12.9. The standard InChI is InChI=1S/C20H27N5O2/c1-12-22-17(15-9-10-21-24(15)5)14-11-13-7-6-8-16(18(14)23-12)25(13)19(26)27-20(2,3)4/h9-10,13,16H,6-8,11H2,1-5H3. The number of carbonyl (C=O) groups excluding carboxylic acids is 1. The van der Waals surface area contributed by atoms with Crippen LogP contribution in [0.1, 0.15) is 63.2 Å². The molecule has 4 rings (SSSR count). The summed E-state index contributed by atoms with van der Waals surface area (Å²) in [4.78, 5) is 24.4. The minimum absolute atomic E-state index is 0.0453. The summed E-state index contributed by atoms with van der Waals surface area (Å²) < 4.78 is 7.56. The third-order valence-electron chi connectivity index (χ3n) is 5.32. The lowest BCUT2D eigenvalue weighted by atomic mass is 9.82. The largest absolute Gasteiger partial charge is 0.444 e. The number of hydrogen-bond acceptors (Lipinski definition) is 5. The van der Waals surface area contributed by atoms with E-state index >= 15 is 0 Å². The smallest absolute Gasteiger partial charge is 0.411 e. The molecule has 2 bridgehead atoms. The van der Waals surface area contributed by atoms with Gasteiger partial charge in [-0.2, -0.15) is 5.10 Å². The number of amides is 1. The molecular formula is C20H27N5O2. The molecule has 2 aliphatic rings. The van der Waals surface area contributed by atoms with Gasteiger partial charge in [-0.25, -0.2) is 14.8 Å². The molecule has 2 aliphatic heterocycles. The van der Waals surface area contributed by atoms with E-state index in [0.717, 1.165) is 54.2 Å². The maximum atomic E-state index is 12.9. The van der Waals surface area contributed by atoms with Gasteiger partial charge in [-0.3, -0.25) is 9.58 Å². The second-order valence-electron chi connectivity index (χ2n) is 8.52. The first-order chi connectivity index (χ1) is 12.7. The molecule has 7 heteroatoms. The van der Waals surface area contributed by atoms with Gasteiger partial charge in [-0.05, 0) is 59.4 Å². The van der Waals surface area contributed by atoms with Crippen molar-refractivity contribution in [1.82, 2.24) is 24.6 Å². The molecule has 0 aliphatic carbocycles. The topological polar surface area (TPSA) is 73.1 Å². The number of aryl methyl sites for hydroxylation is 2. The van der Waals surface area contributed by atoms with Gasteiger partial charge < -0.3 is 4.74 Å². The van der Waals surface area contributed by atoms with Crippen LogP contribution in [0.15, 0.2) is 12.3 Å². The molecule has 2 aromatic heterocycles. The van der Waals surface area contributed by atoms with Crippen LogP contribution in [0.2, 0.25) is 0 Å². The van der Waals surface area contributed by atoms with Crippen LogP contribution in [0.3, 0.4) is 0 Å². The van der Waals surface area contributed by atoms with Gasteiger partial charge in [0.25, 0.3) is 0 Å². The molecule has 0 N–H and O–H groups in total. The molecule has 4 heterocycles. The van der Waals surface area contributed by atoms with Crippen molar-refractivity contribution in [2.45, 2.75) is 71.1 Å². The third kappa shape index (κ3) is 3.19. The van der Waals surface area contributed by atoms with Crippen molar-refractivity contribution < 1.29 is 9.53 Å². The Morgan fingerprint density at radius 1 is 1.26 bits per heavy atom. The molecule has 0 saturated carbocycles. The van der Waals surface area contributed by atoms with Crippen molar-refractivity contribution in [3.63, 3.8) is 0 Å². The summed E-state index contributed by atoms with van der Waals surface area (Å²) in [5.74, 6) is 0.720. The van der Waals surface area contributed by atoms with E-state index in [1.54, 1.807) is 6.20 Å². The highest BCUT2D eigenvalue weighted by Crippen LogP contribution is 2.44. The number of hydrogen-bond donors (Lipinski definition) is 0. The molecule has 0 aromatic carbocycles. The number of ether oxygens (including phenoxy) is 1. The lowest BCUT2D eigenvalue weighted by Crippen LogP contribution is -2.51. The van der Waals surface area contributed by atoms with Gasteiger partial charge in [-0.15, -0.1) is 0 Å². The Morgan fingerprint density at radius 3 is 2.70 bits per heavy atom. The van der Waals surface area contributed by atoms with Crippen LogP contribution in [0.5, 0.6) is 0 Å². The molecule has 144 valence electrons. The number of aromatic nitrogens is 4. The van der Waals surface area contributed by atoms with E-state index in [9.17, 15) is 4.79 Å². The van der Waals surface area contributed by atoms with E-state index < -0.39 is 5.60 Å². The van der Waals surface area contributed by atoms with Crippen LogP contribution in [0, 0.1) is 6.92 Å². The van der Waals surface area contributed by atoms with Crippen molar-refractivity contribution in [3.05, 3.63) is 29.3 Å². The summed E-state index contributed by atoms with van der Waals surface area (Å²) >= 11 is 0. The fourth-order valence-corrected chi connectivity index (χ4v) is 4.29. The van der Waals surface area contributed by atoms with Crippen molar-refractivity contribution in [2.75, 3.05) is 0 Å². The van der Waals surface area contributed by atoms with Gasteiger partial charge in [-0.1, -0.05) is 0 Å². The Bertz CT molecular complexity index is 883. The Balaban J connectivity index is 1.80. The molecule has 7 nitrogen and oxygen atoms in total. The van der Waals surface area contributed by atoms with E-state index in [-0.39, 0.29) is 18.2 Å². The van der Waals surface area contributed by atoms with Gasteiger partial charge in [0.15, 0.2) is 0 Å². The molecule has 2 unspecified atom stereocenters. The lowest BCUT2D eigenvalue weighted by Gasteiger charge is -2.46. The molecule has 0 radical (unpaired) electrons. The molecule has 2 aromatic rings. The van der Waals surface area contributed by atoms with Gasteiger partial charge in [0, 0.05) is 24.8 Å². The van der Waals surface area contributed by atoms with Crippen LogP contribution >= 0.6 is 0 Å². The Morgan fingerprint density at radius 2 is 2.04 bits per heavy atom. The summed E-state index contributed by atoms with van der Waals surface area (Å²) in [6.45, 7) is 7.63. The van der Waals surface area contributed by atoms with E-state index in [4.69, 9.17) is 14.7 Å².